The summed E-state index contributed by atoms with van der Waals surface area (Å²) in [5.41, 5.74) is 1.85. The summed E-state index contributed by atoms with van der Waals surface area (Å²) in [6.45, 7) is 0. The summed E-state index contributed by atoms with van der Waals surface area (Å²) in [4.78, 5) is 23.0. The normalized spacial score (nSPS) is 16.8. The van der Waals surface area contributed by atoms with Gasteiger partial charge < -0.3 is 9.84 Å². The topological polar surface area (TPSA) is 63.6 Å². The Kier molecular flexibility index (Phi) is 2.56. The molecular weight excluding hydrogens is 244 g/mol. The number of fused-ring (bicyclic) bond motifs is 1. The molecule has 0 saturated carbocycles. The number of rotatable bonds is 2. The molecule has 4 heteroatoms. The second kappa shape index (κ2) is 4.24. The van der Waals surface area contributed by atoms with Crippen LogP contribution in [0.15, 0.2) is 48.5 Å². The van der Waals surface area contributed by atoms with Crippen molar-refractivity contribution in [3.63, 3.8) is 0 Å². The zero-order valence-electron chi connectivity index (χ0n) is 9.87. The number of ether oxygens (including phenoxy) is 1. The van der Waals surface area contributed by atoms with E-state index < -0.39 is 18.0 Å². The van der Waals surface area contributed by atoms with Gasteiger partial charge in [0.1, 0.15) is 0 Å². The molecule has 2 aromatic rings. The van der Waals surface area contributed by atoms with E-state index in [0.717, 1.165) is 0 Å². The van der Waals surface area contributed by atoms with Crippen LogP contribution in [0.4, 0.5) is 0 Å². The van der Waals surface area contributed by atoms with Crippen LogP contribution in [0.1, 0.15) is 37.9 Å². The number of cyclic esters (lactones) is 1. The lowest BCUT2D eigenvalue weighted by Gasteiger charge is -2.13. The molecule has 4 nitrogen and oxygen atoms in total. The first-order valence-corrected chi connectivity index (χ1v) is 5.80. The van der Waals surface area contributed by atoms with E-state index in [1.54, 1.807) is 42.5 Å². The van der Waals surface area contributed by atoms with Crippen LogP contribution in [0.3, 0.4) is 0 Å². The van der Waals surface area contributed by atoms with Crippen LogP contribution in [0, 0.1) is 0 Å². The van der Waals surface area contributed by atoms with E-state index in [0.29, 0.717) is 16.7 Å². The van der Waals surface area contributed by atoms with Gasteiger partial charge in [0, 0.05) is 11.1 Å². The average molecular weight is 254 g/mol. The van der Waals surface area contributed by atoms with Gasteiger partial charge in [-0.2, -0.15) is 0 Å². The number of benzene rings is 2. The molecule has 3 rings (SSSR count). The van der Waals surface area contributed by atoms with Crippen molar-refractivity contribution >= 4 is 11.9 Å². The summed E-state index contributed by atoms with van der Waals surface area (Å²) in [6, 6.07) is 13.6. The van der Waals surface area contributed by atoms with E-state index in [-0.39, 0.29) is 5.56 Å². The highest BCUT2D eigenvalue weighted by molar-refractivity contribution is 5.96. The third kappa shape index (κ3) is 1.78. The molecule has 1 heterocycles. The van der Waals surface area contributed by atoms with Crippen LogP contribution in [0.5, 0.6) is 0 Å². The molecule has 0 radical (unpaired) electrons. The van der Waals surface area contributed by atoms with Crippen molar-refractivity contribution in [1.82, 2.24) is 0 Å². The maximum absolute atomic E-state index is 11.8. The largest absolute Gasteiger partial charge is 0.478 e. The van der Waals surface area contributed by atoms with E-state index in [1.807, 2.05) is 0 Å². The quantitative estimate of drug-likeness (QED) is 0.837. The second-order valence-corrected chi connectivity index (χ2v) is 4.27. The van der Waals surface area contributed by atoms with Crippen molar-refractivity contribution in [2.75, 3.05) is 0 Å². The summed E-state index contributed by atoms with van der Waals surface area (Å²) >= 11 is 0. The highest BCUT2D eigenvalue weighted by Gasteiger charge is 2.33. The van der Waals surface area contributed by atoms with Crippen LogP contribution in [-0.4, -0.2) is 17.0 Å². The first-order valence-electron chi connectivity index (χ1n) is 5.80. The predicted molar refractivity (Wildman–Crippen MR) is 67.1 cm³/mol. The minimum Gasteiger partial charge on any atom is -0.478 e. The molecule has 0 spiro atoms. The maximum atomic E-state index is 11.8. The molecular formula is C15H10O4. The van der Waals surface area contributed by atoms with Crippen LogP contribution < -0.4 is 0 Å². The fourth-order valence-corrected chi connectivity index (χ4v) is 2.30. The Labute approximate surface area is 109 Å². The molecule has 0 unspecified atom stereocenters. The minimum atomic E-state index is -1.03. The van der Waals surface area contributed by atoms with Gasteiger partial charge in [0.05, 0.1) is 11.1 Å². The number of hydrogen-bond acceptors (Lipinski definition) is 3. The summed E-state index contributed by atoms with van der Waals surface area (Å²) < 4.78 is 5.31. The number of carbonyl (C=O) groups excluding carboxylic acids is 1. The van der Waals surface area contributed by atoms with E-state index in [4.69, 9.17) is 4.74 Å². The lowest BCUT2D eigenvalue weighted by molar-refractivity contribution is 0.0447. The highest BCUT2D eigenvalue weighted by Crippen LogP contribution is 2.36. The Balaban J connectivity index is 2.15. The zero-order valence-corrected chi connectivity index (χ0v) is 9.87. The minimum absolute atomic E-state index is 0.150. The number of carboxylic acid groups (broad SMARTS) is 1. The van der Waals surface area contributed by atoms with E-state index in [9.17, 15) is 14.7 Å². The van der Waals surface area contributed by atoms with E-state index in [1.165, 1.54) is 6.07 Å². The van der Waals surface area contributed by atoms with Gasteiger partial charge in [0.25, 0.3) is 0 Å². The van der Waals surface area contributed by atoms with Gasteiger partial charge in [-0.05, 0) is 12.1 Å². The van der Waals surface area contributed by atoms with Crippen molar-refractivity contribution < 1.29 is 19.4 Å². The fraction of sp³-hybridized carbons (Fsp3) is 0.0667. The second-order valence-electron chi connectivity index (χ2n) is 4.27. The van der Waals surface area contributed by atoms with Gasteiger partial charge in [0.2, 0.25) is 0 Å². The molecule has 0 bridgehead atoms. The molecule has 94 valence electrons. The van der Waals surface area contributed by atoms with Gasteiger partial charge >= 0.3 is 11.9 Å². The summed E-state index contributed by atoms with van der Waals surface area (Å²) in [5.74, 6) is -1.45. The molecule has 19 heavy (non-hydrogen) atoms. The standard InChI is InChI=1S/C15H10O4/c16-14(17)11-7-3-1-5-9(11)13-10-6-2-4-8-12(10)15(18)19-13/h1-8,13H,(H,16,17)/t13-/m1/s1. The number of aromatic carboxylic acids is 1. The number of carboxylic acids is 1. The van der Waals surface area contributed by atoms with Gasteiger partial charge in [-0.15, -0.1) is 0 Å². The molecule has 2 aromatic carbocycles. The molecule has 1 atom stereocenters. The molecule has 1 aliphatic rings. The van der Waals surface area contributed by atoms with Crippen molar-refractivity contribution in [2.45, 2.75) is 6.10 Å². The van der Waals surface area contributed by atoms with Crippen molar-refractivity contribution in [2.24, 2.45) is 0 Å². The zero-order chi connectivity index (χ0) is 13.4. The first-order chi connectivity index (χ1) is 9.18. The predicted octanol–water partition coefficient (Wildman–Crippen LogP) is 2.64. The Morgan fingerprint density at radius 3 is 2.37 bits per heavy atom. The first kappa shape index (κ1) is 11.5. The maximum Gasteiger partial charge on any atom is 0.339 e. The number of carbonyl (C=O) groups is 2. The van der Waals surface area contributed by atoms with Gasteiger partial charge in [-0.1, -0.05) is 36.4 Å². The molecule has 1 N–H and O–H groups in total. The van der Waals surface area contributed by atoms with Gasteiger partial charge in [0.15, 0.2) is 6.10 Å². The fourth-order valence-electron chi connectivity index (χ4n) is 2.30. The van der Waals surface area contributed by atoms with Crippen molar-refractivity contribution in [3.05, 3.63) is 70.8 Å². The van der Waals surface area contributed by atoms with Gasteiger partial charge in [-0.3, -0.25) is 0 Å². The monoisotopic (exact) mass is 254 g/mol. The Morgan fingerprint density at radius 2 is 1.63 bits per heavy atom. The van der Waals surface area contributed by atoms with Crippen molar-refractivity contribution in [1.29, 1.82) is 0 Å². The van der Waals surface area contributed by atoms with Crippen molar-refractivity contribution in [3.8, 4) is 0 Å². The lowest BCUT2D eigenvalue weighted by Crippen LogP contribution is -2.08. The van der Waals surface area contributed by atoms with Crippen LogP contribution in [-0.2, 0) is 4.74 Å². The summed E-state index contributed by atoms with van der Waals surface area (Å²) in [5, 5.41) is 9.20. The molecule has 0 aromatic heterocycles. The lowest BCUT2D eigenvalue weighted by atomic mass is 9.95. The highest BCUT2D eigenvalue weighted by atomic mass is 16.5. The average Bonchev–Trinajstić information content (AvgIpc) is 2.77. The van der Waals surface area contributed by atoms with E-state index in [2.05, 4.69) is 0 Å². The number of hydrogen-bond donors (Lipinski definition) is 1. The smallest absolute Gasteiger partial charge is 0.339 e. The molecule has 0 fully saturated rings. The van der Waals surface area contributed by atoms with E-state index >= 15 is 0 Å². The third-order valence-corrected chi connectivity index (χ3v) is 3.16. The Bertz CT molecular complexity index is 675. The summed E-state index contributed by atoms with van der Waals surface area (Å²) in [7, 11) is 0. The Morgan fingerprint density at radius 1 is 1.00 bits per heavy atom. The SMILES string of the molecule is O=C(O)c1ccccc1[C@H]1OC(=O)c2ccccc21. The van der Waals surface area contributed by atoms with Crippen LogP contribution in [0.25, 0.3) is 0 Å². The molecule has 1 aliphatic heterocycles. The molecule has 0 saturated heterocycles. The molecule has 0 amide bonds. The van der Waals surface area contributed by atoms with Crippen LogP contribution >= 0.6 is 0 Å². The van der Waals surface area contributed by atoms with Gasteiger partial charge in [-0.25, -0.2) is 9.59 Å². The Hall–Kier alpha value is -2.62. The summed E-state index contributed by atoms with van der Waals surface area (Å²) in [6.07, 6.45) is -0.643. The molecule has 0 aliphatic carbocycles. The third-order valence-electron chi connectivity index (χ3n) is 3.16. The number of esters is 1. The van der Waals surface area contributed by atoms with Crippen LogP contribution in [0.2, 0.25) is 0 Å².